The highest BCUT2D eigenvalue weighted by Gasteiger charge is 2.42. The van der Waals surface area contributed by atoms with E-state index in [1.807, 2.05) is 39.0 Å². The molecule has 1 aromatic rings. The number of allylic oxidation sites excluding steroid dienone is 5. The van der Waals surface area contributed by atoms with Crippen LogP contribution in [0.15, 0.2) is 104 Å². The molecule has 0 spiro atoms. The SMILES string of the molecule is C=C(C)/C=C\C(=C)C.C=C(CNC(=C)C1(C(=C)NCCCCCC)CCC1)Nc1ccc(/C=C/C)cc1.NCCI. The van der Waals surface area contributed by atoms with Crippen molar-refractivity contribution in [3.8, 4) is 0 Å². The summed E-state index contributed by atoms with van der Waals surface area (Å²) in [5.74, 6) is 0. The van der Waals surface area contributed by atoms with Gasteiger partial charge >= 0.3 is 0 Å². The number of nitrogens with two attached hydrogens (primary N) is 1. The van der Waals surface area contributed by atoms with Gasteiger partial charge in [-0.25, -0.2) is 0 Å². The summed E-state index contributed by atoms with van der Waals surface area (Å²) in [5.41, 5.74) is 12.5. The maximum Gasteiger partial charge on any atom is 0.0542 e. The third kappa shape index (κ3) is 17.1. The van der Waals surface area contributed by atoms with Gasteiger partial charge < -0.3 is 21.7 Å². The summed E-state index contributed by atoms with van der Waals surface area (Å²) >= 11 is 2.23. The fourth-order valence-electron chi connectivity index (χ4n) is 4.06. The van der Waals surface area contributed by atoms with Gasteiger partial charge in [0.05, 0.1) is 6.54 Å². The van der Waals surface area contributed by atoms with Crippen LogP contribution in [0.2, 0.25) is 0 Å². The highest BCUT2D eigenvalue weighted by molar-refractivity contribution is 14.1. The molecule has 2 rings (SSSR count). The molecule has 0 aliphatic heterocycles. The maximum atomic E-state index is 5.02. The van der Waals surface area contributed by atoms with Crippen LogP contribution in [0.4, 0.5) is 5.69 Å². The van der Waals surface area contributed by atoms with Gasteiger partial charge in [-0.1, -0.05) is 136 Å². The normalized spacial score (nSPS) is 13.1. The first-order chi connectivity index (χ1) is 19.6. The molecule has 0 bridgehead atoms. The molecule has 228 valence electrons. The van der Waals surface area contributed by atoms with Crippen LogP contribution in [0.3, 0.4) is 0 Å². The molecule has 0 aromatic heterocycles. The van der Waals surface area contributed by atoms with E-state index in [9.17, 15) is 0 Å². The highest BCUT2D eigenvalue weighted by atomic mass is 127. The van der Waals surface area contributed by atoms with Gasteiger partial charge in [-0.05, 0) is 57.7 Å². The third-order valence-corrected chi connectivity index (χ3v) is 7.22. The fourth-order valence-corrected chi connectivity index (χ4v) is 4.06. The van der Waals surface area contributed by atoms with Crippen molar-refractivity contribution in [3.05, 3.63) is 109 Å². The number of hydrogen-bond donors (Lipinski definition) is 4. The molecule has 1 aliphatic carbocycles. The van der Waals surface area contributed by atoms with Crippen molar-refractivity contribution in [1.29, 1.82) is 0 Å². The lowest BCUT2D eigenvalue weighted by Gasteiger charge is -2.45. The summed E-state index contributed by atoms with van der Waals surface area (Å²) in [6, 6.07) is 8.35. The zero-order chi connectivity index (χ0) is 31.1. The second-order valence-electron chi connectivity index (χ2n) is 10.6. The Morgan fingerprint density at radius 2 is 1.49 bits per heavy atom. The minimum atomic E-state index is -0.0147. The van der Waals surface area contributed by atoms with Gasteiger partial charge in [0.2, 0.25) is 0 Å². The molecule has 0 atom stereocenters. The first kappa shape index (κ1) is 38.5. The van der Waals surface area contributed by atoms with Gasteiger partial charge in [0.1, 0.15) is 0 Å². The Hall–Kier alpha value is -2.51. The van der Waals surface area contributed by atoms with Crippen molar-refractivity contribution >= 4 is 34.4 Å². The number of anilines is 1. The number of benzene rings is 1. The number of rotatable bonds is 17. The number of alkyl halides is 1. The molecule has 0 amide bonds. The molecule has 5 heteroatoms. The maximum absolute atomic E-state index is 5.02. The Balaban J connectivity index is 0.00000112. The molecule has 0 radical (unpaired) electrons. The number of unbranched alkanes of at least 4 members (excludes halogenated alkanes) is 3. The molecule has 0 heterocycles. The van der Waals surface area contributed by atoms with Gasteiger partial charge in [0.25, 0.3) is 0 Å². The van der Waals surface area contributed by atoms with Gasteiger partial charge in [-0.15, -0.1) is 0 Å². The second-order valence-corrected chi connectivity index (χ2v) is 11.7. The van der Waals surface area contributed by atoms with Crippen molar-refractivity contribution in [2.45, 2.75) is 72.6 Å². The van der Waals surface area contributed by atoms with Crippen LogP contribution in [0.25, 0.3) is 6.08 Å². The van der Waals surface area contributed by atoms with Crippen LogP contribution in [0.5, 0.6) is 0 Å². The smallest absolute Gasteiger partial charge is 0.0542 e. The predicted molar refractivity (Wildman–Crippen MR) is 195 cm³/mol. The molecule has 1 saturated carbocycles. The van der Waals surface area contributed by atoms with Crippen LogP contribution < -0.4 is 21.7 Å². The molecule has 4 nitrogen and oxygen atoms in total. The Kier molecular flexibility index (Phi) is 21.7. The fraction of sp³-hybridized carbons (Fsp3) is 0.444. The van der Waals surface area contributed by atoms with Crippen molar-refractivity contribution in [2.75, 3.05) is 29.4 Å². The van der Waals surface area contributed by atoms with Gasteiger partial charge in [0, 0.05) is 45.7 Å². The molecule has 41 heavy (non-hydrogen) atoms. The molecule has 1 fully saturated rings. The van der Waals surface area contributed by atoms with Crippen LogP contribution in [-0.4, -0.2) is 24.1 Å². The molecule has 5 N–H and O–H groups in total. The summed E-state index contributed by atoms with van der Waals surface area (Å²) in [6.07, 6.45) is 16.6. The largest absolute Gasteiger partial charge is 0.388 e. The Labute approximate surface area is 266 Å². The van der Waals surface area contributed by atoms with Crippen LogP contribution in [0, 0.1) is 5.41 Å². The molecule has 1 aliphatic rings. The van der Waals surface area contributed by atoms with Gasteiger partial charge in [-0.2, -0.15) is 0 Å². The summed E-state index contributed by atoms with van der Waals surface area (Å²) in [5, 5.41) is 10.4. The zero-order valence-corrected chi connectivity index (χ0v) is 28.5. The third-order valence-electron chi connectivity index (χ3n) is 6.60. The van der Waals surface area contributed by atoms with E-state index < -0.39 is 0 Å². The number of hydrogen-bond acceptors (Lipinski definition) is 4. The lowest BCUT2D eigenvalue weighted by molar-refractivity contribution is 0.214. The van der Waals surface area contributed by atoms with E-state index in [0.29, 0.717) is 6.54 Å². The quantitative estimate of drug-likeness (QED) is 0.0576. The number of halogens is 1. The molecule has 0 unspecified atom stereocenters. The van der Waals surface area contributed by atoms with Gasteiger partial charge in [0.15, 0.2) is 0 Å². The van der Waals surface area contributed by atoms with Crippen LogP contribution >= 0.6 is 22.6 Å². The van der Waals surface area contributed by atoms with Crippen LogP contribution in [-0.2, 0) is 0 Å². The number of nitrogens with one attached hydrogen (secondary N) is 3. The van der Waals surface area contributed by atoms with E-state index in [1.165, 1.54) is 37.7 Å². The average Bonchev–Trinajstić information content (AvgIpc) is 2.92. The molecule has 1 aromatic carbocycles. The molecular weight excluding hydrogens is 615 g/mol. The second kappa shape index (κ2) is 23.1. The van der Waals surface area contributed by atoms with E-state index in [4.69, 9.17) is 5.73 Å². The first-order valence-electron chi connectivity index (χ1n) is 14.8. The summed E-state index contributed by atoms with van der Waals surface area (Å²) in [6.45, 7) is 30.9. The lowest BCUT2D eigenvalue weighted by Crippen LogP contribution is -2.43. The Morgan fingerprint density at radius 1 is 0.927 bits per heavy atom. The highest BCUT2D eigenvalue weighted by Crippen LogP contribution is 2.49. The topological polar surface area (TPSA) is 62.1 Å². The molecular formula is C36H57IN4. The van der Waals surface area contributed by atoms with E-state index in [1.54, 1.807) is 0 Å². The zero-order valence-electron chi connectivity index (χ0n) is 26.4. The van der Waals surface area contributed by atoms with Crippen molar-refractivity contribution in [1.82, 2.24) is 10.6 Å². The monoisotopic (exact) mass is 672 g/mol. The Bertz CT molecular complexity index is 979. The van der Waals surface area contributed by atoms with Gasteiger partial charge in [-0.3, -0.25) is 0 Å². The summed E-state index contributed by atoms with van der Waals surface area (Å²) in [4.78, 5) is 0. The van der Waals surface area contributed by atoms with E-state index in [-0.39, 0.29) is 5.41 Å². The van der Waals surface area contributed by atoms with Crippen molar-refractivity contribution in [3.63, 3.8) is 0 Å². The van der Waals surface area contributed by atoms with E-state index >= 15 is 0 Å². The summed E-state index contributed by atoms with van der Waals surface area (Å²) < 4.78 is 1.07. The standard InChI is InChI=1S/C26H39N3.C8H12.C2H6IN/c1-6-8-9-10-19-27-22(4)26(17-11-18-26)23(5)28-20-21(3)29-25-15-13-24(12-7-2)14-16-25;1-7(2)5-6-8(3)4;3-1-2-4/h7,12-16,27-29H,3-6,8-11,17-20H2,1-2H3;5-6H,1,3H2,2,4H3;1-2,4H2/b12-7+;6-5-;. The minimum absolute atomic E-state index is 0.0147. The average molecular weight is 673 g/mol. The van der Waals surface area contributed by atoms with E-state index in [0.717, 1.165) is 64.3 Å². The first-order valence-corrected chi connectivity index (χ1v) is 16.4. The van der Waals surface area contributed by atoms with Crippen molar-refractivity contribution < 1.29 is 0 Å². The van der Waals surface area contributed by atoms with Crippen molar-refractivity contribution in [2.24, 2.45) is 11.1 Å². The molecule has 0 saturated heterocycles. The summed E-state index contributed by atoms with van der Waals surface area (Å²) in [7, 11) is 0. The Morgan fingerprint density at radius 3 is 1.93 bits per heavy atom. The van der Waals surface area contributed by atoms with E-state index in [2.05, 4.69) is 109 Å². The lowest BCUT2D eigenvalue weighted by atomic mass is 9.64. The minimum Gasteiger partial charge on any atom is -0.388 e. The predicted octanol–water partition coefficient (Wildman–Crippen LogP) is 9.68. The van der Waals surface area contributed by atoms with Crippen LogP contribution in [0.1, 0.15) is 78.2 Å².